The van der Waals surface area contributed by atoms with Gasteiger partial charge in [-0.05, 0) is 32.0 Å². The summed E-state index contributed by atoms with van der Waals surface area (Å²) in [5.74, 6) is 0.832. The first-order valence-corrected chi connectivity index (χ1v) is 8.85. The van der Waals surface area contributed by atoms with Gasteiger partial charge in [0.2, 0.25) is 0 Å². The number of aromatic nitrogens is 2. The van der Waals surface area contributed by atoms with Gasteiger partial charge in [0.15, 0.2) is 5.82 Å². The Morgan fingerprint density at radius 2 is 2.12 bits per heavy atom. The third kappa shape index (κ3) is 3.26. The van der Waals surface area contributed by atoms with Gasteiger partial charge in [-0.15, -0.1) is 0 Å². The molecule has 1 aromatic carbocycles. The van der Waals surface area contributed by atoms with Crippen LogP contribution in [0.3, 0.4) is 0 Å². The molecule has 2 aliphatic rings. The van der Waals surface area contributed by atoms with Crippen molar-refractivity contribution in [1.29, 1.82) is 0 Å². The molecule has 0 unspecified atom stereocenters. The monoisotopic (exact) mass is 346 g/mol. The number of likely N-dealkylation sites (tertiary alicyclic amines) is 1. The normalized spacial score (nSPS) is 23.3. The predicted octanol–water partition coefficient (Wildman–Crippen LogP) is 1.74. The fourth-order valence-corrected chi connectivity index (χ4v) is 3.71. The minimum Gasteiger partial charge on any atom is -0.366 e. The Labute approximate surface area is 146 Å². The maximum Gasteiger partial charge on any atom is 0.253 e. The molecule has 0 bridgehead atoms. The number of morpholine rings is 1. The zero-order valence-electron chi connectivity index (χ0n) is 14.4. The summed E-state index contributed by atoms with van der Waals surface area (Å²) in [6.07, 6.45) is 1.31. The summed E-state index contributed by atoms with van der Waals surface area (Å²) in [4.78, 5) is 24.3. The average Bonchev–Trinajstić information content (AvgIpc) is 3.07. The van der Waals surface area contributed by atoms with Crippen molar-refractivity contribution in [2.24, 2.45) is 0 Å². The van der Waals surface area contributed by atoms with Crippen molar-refractivity contribution >= 4 is 16.9 Å². The van der Waals surface area contributed by atoms with Crippen LogP contribution in [0, 0.1) is 5.82 Å². The average molecular weight is 346 g/mol. The number of aromatic amines is 1. The molecule has 2 fully saturated rings. The number of rotatable bonds is 2. The van der Waals surface area contributed by atoms with Crippen molar-refractivity contribution in [2.75, 3.05) is 39.8 Å². The number of H-pyrrole nitrogens is 1. The van der Waals surface area contributed by atoms with Gasteiger partial charge in [0.25, 0.3) is 5.91 Å². The second kappa shape index (κ2) is 6.72. The third-order valence-corrected chi connectivity index (χ3v) is 5.22. The number of hydrogen-bond acceptors (Lipinski definition) is 4. The maximum absolute atomic E-state index is 13.8. The Kier molecular flexibility index (Phi) is 4.43. The second-order valence-corrected chi connectivity index (χ2v) is 6.98. The van der Waals surface area contributed by atoms with Crippen molar-refractivity contribution in [3.05, 3.63) is 29.8 Å². The van der Waals surface area contributed by atoms with Crippen LogP contribution in [0.5, 0.6) is 0 Å². The number of carbonyl (C=O) groups is 1. The van der Waals surface area contributed by atoms with Crippen molar-refractivity contribution in [1.82, 2.24) is 19.8 Å². The van der Waals surface area contributed by atoms with Crippen LogP contribution >= 0.6 is 0 Å². The number of carbonyl (C=O) groups excluding carboxylic acids is 1. The van der Waals surface area contributed by atoms with E-state index in [2.05, 4.69) is 14.9 Å². The first-order valence-electron chi connectivity index (χ1n) is 8.85. The molecule has 2 aliphatic heterocycles. The third-order valence-electron chi connectivity index (χ3n) is 5.22. The van der Waals surface area contributed by atoms with Crippen molar-refractivity contribution < 1.29 is 13.9 Å². The molecule has 6 nitrogen and oxygen atoms in total. The fraction of sp³-hybridized carbons (Fsp3) is 0.556. The molecular weight excluding hydrogens is 323 g/mol. The highest BCUT2D eigenvalue weighted by Crippen LogP contribution is 2.29. The summed E-state index contributed by atoms with van der Waals surface area (Å²) in [5, 5.41) is 0. The molecule has 2 saturated heterocycles. The van der Waals surface area contributed by atoms with Gasteiger partial charge in [0.1, 0.15) is 17.4 Å². The summed E-state index contributed by atoms with van der Waals surface area (Å²) < 4.78 is 19.5. The van der Waals surface area contributed by atoms with Gasteiger partial charge < -0.3 is 19.5 Å². The summed E-state index contributed by atoms with van der Waals surface area (Å²) in [6, 6.07) is 4.95. The fourth-order valence-electron chi connectivity index (χ4n) is 3.71. The van der Waals surface area contributed by atoms with Crippen LogP contribution in [0.2, 0.25) is 0 Å². The van der Waals surface area contributed by atoms with Crippen LogP contribution in [0.4, 0.5) is 4.39 Å². The summed E-state index contributed by atoms with van der Waals surface area (Å²) in [7, 11) is 2.01. The Bertz CT molecular complexity index is 770. The summed E-state index contributed by atoms with van der Waals surface area (Å²) in [5.41, 5.74) is 1.13. The molecule has 7 heteroatoms. The molecule has 25 heavy (non-hydrogen) atoms. The molecule has 1 atom stereocenters. The van der Waals surface area contributed by atoms with Crippen LogP contribution < -0.4 is 0 Å². The zero-order chi connectivity index (χ0) is 17.4. The molecule has 2 aromatic rings. The number of likely N-dealkylation sites (N-methyl/N-ethyl adjacent to an activating group) is 1. The number of nitrogens with one attached hydrogen (secondary N) is 1. The van der Waals surface area contributed by atoms with E-state index in [1.54, 1.807) is 6.07 Å². The molecule has 1 amide bonds. The molecule has 0 radical (unpaired) electrons. The quantitative estimate of drug-likeness (QED) is 0.900. The van der Waals surface area contributed by atoms with Gasteiger partial charge in [-0.2, -0.15) is 0 Å². The van der Waals surface area contributed by atoms with E-state index in [1.807, 2.05) is 18.0 Å². The van der Waals surface area contributed by atoms with E-state index < -0.39 is 0 Å². The second-order valence-electron chi connectivity index (χ2n) is 6.98. The Morgan fingerprint density at radius 3 is 2.84 bits per heavy atom. The number of piperidine rings is 1. The van der Waals surface area contributed by atoms with Gasteiger partial charge in [0, 0.05) is 32.1 Å². The largest absolute Gasteiger partial charge is 0.366 e. The minimum absolute atomic E-state index is 0.0839. The number of amides is 1. The van der Waals surface area contributed by atoms with Gasteiger partial charge in [-0.1, -0.05) is 6.07 Å². The van der Waals surface area contributed by atoms with Crippen molar-refractivity contribution in [2.45, 2.75) is 24.9 Å². The highest BCUT2D eigenvalue weighted by molar-refractivity contribution is 5.81. The van der Waals surface area contributed by atoms with Crippen LogP contribution in [0.15, 0.2) is 18.2 Å². The molecule has 1 N–H and O–H groups in total. The first kappa shape index (κ1) is 16.5. The van der Waals surface area contributed by atoms with E-state index in [1.165, 1.54) is 6.07 Å². The standard InChI is InChI=1S/C18H23FN4O2/c1-22-9-10-25-15(11-22)18(24)23-7-5-12(6-8-23)17-20-14-4-2-3-13(19)16(14)21-17/h2-4,12,15H,5-11H2,1H3,(H,20,21)/t15-/m0/s1. The molecule has 0 saturated carbocycles. The number of ether oxygens (including phenoxy) is 1. The molecule has 0 spiro atoms. The maximum atomic E-state index is 13.8. The van der Waals surface area contributed by atoms with Gasteiger partial charge in [0.05, 0.1) is 12.1 Å². The SMILES string of the molecule is CN1CCO[C@H](C(=O)N2CCC(c3nc4c(F)cccc4[nH]3)CC2)C1. The number of imidazole rings is 1. The highest BCUT2D eigenvalue weighted by atomic mass is 19.1. The van der Waals surface area contributed by atoms with Crippen molar-refractivity contribution in [3.8, 4) is 0 Å². The zero-order valence-corrected chi connectivity index (χ0v) is 14.4. The lowest BCUT2D eigenvalue weighted by atomic mass is 9.95. The summed E-state index contributed by atoms with van der Waals surface area (Å²) in [6.45, 7) is 3.50. The first-order chi connectivity index (χ1) is 12.1. The molecule has 134 valence electrons. The highest BCUT2D eigenvalue weighted by Gasteiger charge is 2.32. The number of hydrogen-bond donors (Lipinski definition) is 1. The number of nitrogens with zero attached hydrogens (tertiary/aromatic N) is 3. The lowest BCUT2D eigenvalue weighted by Crippen LogP contribution is -2.51. The van der Waals surface area contributed by atoms with Gasteiger partial charge in [-0.25, -0.2) is 9.37 Å². The molecule has 1 aromatic heterocycles. The van der Waals surface area contributed by atoms with Crippen molar-refractivity contribution in [3.63, 3.8) is 0 Å². The lowest BCUT2D eigenvalue weighted by molar-refractivity contribution is -0.149. The lowest BCUT2D eigenvalue weighted by Gasteiger charge is -2.36. The van der Waals surface area contributed by atoms with E-state index in [-0.39, 0.29) is 23.7 Å². The van der Waals surface area contributed by atoms with Crippen LogP contribution in [-0.4, -0.2) is 71.6 Å². The number of halogens is 1. The van der Waals surface area contributed by atoms with E-state index in [0.717, 1.165) is 30.7 Å². The molecule has 3 heterocycles. The van der Waals surface area contributed by atoms with E-state index >= 15 is 0 Å². The topological polar surface area (TPSA) is 61.5 Å². The molecular formula is C18H23FN4O2. The molecule has 0 aliphatic carbocycles. The van der Waals surface area contributed by atoms with Gasteiger partial charge in [-0.3, -0.25) is 4.79 Å². The Morgan fingerprint density at radius 1 is 1.32 bits per heavy atom. The van der Waals surface area contributed by atoms with Crippen LogP contribution in [0.1, 0.15) is 24.6 Å². The van der Waals surface area contributed by atoms with E-state index in [0.29, 0.717) is 31.8 Å². The number of benzene rings is 1. The van der Waals surface area contributed by atoms with E-state index in [9.17, 15) is 9.18 Å². The van der Waals surface area contributed by atoms with E-state index in [4.69, 9.17) is 4.74 Å². The van der Waals surface area contributed by atoms with Crippen LogP contribution in [0.25, 0.3) is 11.0 Å². The molecule has 4 rings (SSSR count). The van der Waals surface area contributed by atoms with Gasteiger partial charge >= 0.3 is 0 Å². The smallest absolute Gasteiger partial charge is 0.253 e. The number of fused-ring (bicyclic) bond motifs is 1. The van der Waals surface area contributed by atoms with Crippen LogP contribution in [-0.2, 0) is 9.53 Å². The minimum atomic E-state index is -0.351. The Hall–Kier alpha value is -1.99. The Balaban J connectivity index is 1.40. The summed E-state index contributed by atoms with van der Waals surface area (Å²) >= 11 is 0. The predicted molar refractivity (Wildman–Crippen MR) is 91.8 cm³/mol. The number of para-hydroxylation sites is 1.